The van der Waals surface area contributed by atoms with Gasteiger partial charge in [0.05, 0.1) is 42.6 Å². The van der Waals surface area contributed by atoms with Crippen LogP contribution in [-0.2, 0) is 73.4 Å². The SMILES string of the molecule is CC[C@H](C)[C@@H]1NC(=O)CNC(=O)[C@H](N)Cc2c([nH]c3ccc(OC(C)=O)cc23)SCC(C(=O)NC(CC(N)=O)C(=O)N2C[C@H](O)C[C@H]2C(=O)N[C@](O)(C=O)[C@@H](C)[C@H](COC(C)=O)OC(C)=O)NC(=O)CNC1=O. The van der Waals surface area contributed by atoms with E-state index in [0.717, 1.165) is 30.5 Å². The molecule has 0 spiro atoms. The van der Waals surface area contributed by atoms with Gasteiger partial charge in [-0.1, -0.05) is 27.2 Å². The van der Waals surface area contributed by atoms with E-state index in [1.54, 1.807) is 19.9 Å². The number of amides is 8. The van der Waals surface area contributed by atoms with Gasteiger partial charge in [-0.2, -0.15) is 0 Å². The second-order valence-electron chi connectivity index (χ2n) is 17.6. The van der Waals surface area contributed by atoms with Crippen molar-refractivity contribution in [3.8, 4) is 5.75 Å². The summed E-state index contributed by atoms with van der Waals surface area (Å²) in [5.41, 5.74) is 9.91. The first-order valence-electron chi connectivity index (χ1n) is 23.0. The van der Waals surface area contributed by atoms with E-state index < -0.39 is 164 Å². The number of nitrogens with two attached hydrogens (primary N) is 2. The number of carbonyl (C=O) groups excluding carboxylic acids is 12. The Kier molecular flexibility index (Phi) is 20.8. The topological polar surface area (TPSA) is 416 Å². The molecule has 1 aromatic heterocycles. The largest absolute Gasteiger partial charge is 0.462 e. The summed E-state index contributed by atoms with van der Waals surface area (Å²) in [4.78, 5) is 160. The Bertz CT molecular complexity index is 2470. The minimum absolute atomic E-state index is 0.0883. The van der Waals surface area contributed by atoms with Crippen LogP contribution in [-0.4, -0.2) is 172 Å². The molecule has 4 rings (SSSR count). The maximum atomic E-state index is 14.4. The number of thioether (sulfide) groups is 1. The van der Waals surface area contributed by atoms with E-state index in [4.69, 9.17) is 25.7 Å². The summed E-state index contributed by atoms with van der Waals surface area (Å²) in [5.74, 6) is -12.3. The minimum atomic E-state index is -2.84. The number of nitrogens with zero attached hydrogens (tertiary/aromatic N) is 1. The molecule has 8 amide bonds. The van der Waals surface area contributed by atoms with E-state index in [0.29, 0.717) is 27.9 Å². The van der Waals surface area contributed by atoms with E-state index in [1.165, 1.54) is 26.0 Å². The number of H-pyrrole nitrogens is 1. The number of esters is 3. The molecule has 0 radical (unpaired) electrons. The maximum Gasteiger partial charge on any atom is 0.308 e. The zero-order valence-corrected chi connectivity index (χ0v) is 41.7. The number of fused-ring (bicyclic) bond motifs is 3. The molecule has 27 nitrogen and oxygen atoms in total. The van der Waals surface area contributed by atoms with Gasteiger partial charge in [0.15, 0.2) is 6.29 Å². The minimum Gasteiger partial charge on any atom is -0.462 e. The van der Waals surface area contributed by atoms with Gasteiger partial charge < -0.3 is 77.7 Å². The van der Waals surface area contributed by atoms with Gasteiger partial charge in [0.25, 0.3) is 0 Å². The maximum absolute atomic E-state index is 14.4. The number of β-amino-alcohol motifs (C(OH)–C–C–N with tert-alkyl or cyclic N) is 1. The van der Waals surface area contributed by atoms with Crippen LogP contribution in [0.2, 0.25) is 0 Å². The quantitative estimate of drug-likeness (QED) is 0.0328. The fraction of sp³-hybridized carbons (Fsp3) is 0.556. The third-order valence-electron chi connectivity index (χ3n) is 12.0. The van der Waals surface area contributed by atoms with Crippen LogP contribution in [0, 0.1) is 11.8 Å². The summed E-state index contributed by atoms with van der Waals surface area (Å²) in [6, 6.07) is -3.10. The number of aromatic nitrogens is 1. The van der Waals surface area contributed by atoms with Gasteiger partial charge in [-0.25, -0.2) is 0 Å². The molecule has 2 aromatic rings. The average molecular weight is 1050 g/mol. The van der Waals surface area contributed by atoms with Crippen molar-refractivity contribution in [2.45, 2.75) is 120 Å². The van der Waals surface area contributed by atoms with Gasteiger partial charge in [-0.05, 0) is 36.1 Å². The van der Waals surface area contributed by atoms with Gasteiger partial charge in [-0.15, -0.1) is 11.8 Å². The fourth-order valence-electron chi connectivity index (χ4n) is 7.85. The number of aromatic amines is 1. The van der Waals surface area contributed by atoms with Crippen molar-refractivity contribution in [3.05, 3.63) is 23.8 Å². The first-order chi connectivity index (χ1) is 34.3. The van der Waals surface area contributed by atoms with Crippen molar-refractivity contribution in [2.75, 3.05) is 32.0 Å². The smallest absolute Gasteiger partial charge is 0.308 e. The third kappa shape index (κ3) is 16.2. The molecular formula is C45H62N10O17S. The second kappa shape index (κ2) is 26.0. The van der Waals surface area contributed by atoms with E-state index >= 15 is 0 Å². The molecule has 10 atom stereocenters. The van der Waals surface area contributed by atoms with E-state index in [1.807, 2.05) is 0 Å². The van der Waals surface area contributed by atoms with E-state index in [2.05, 4.69) is 36.9 Å². The Labute approximate surface area is 422 Å². The normalized spacial score (nSPS) is 22.6. The number of carbonyl (C=O) groups is 12. The number of hydrogen-bond acceptors (Lipinski definition) is 19. The van der Waals surface area contributed by atoms with Crippen molar-refractivity contribution in [1.82, 2.24) is 41.8 Å². The summed E-state index contributed by atoms with van der Waals surface area (Å²) in [6.45, 7) is 5.36. The Morgan fingerprint density at radius 1 is 0.959 bits per heavy atom. The Morgan fingerprint density at radius 2 is 1.62 bits per heavy atom. The zero-order chi connectivity index (χ0) is 54.5. The highest BCUT2D eigenvalue weighted by Crippen LogP contribution is 2.34. The van der Waals surface area contributed by atoms with E-state index in [9.17, 15) is 67.7 Å². The number of rotatable bonds is 16. The lowest BCUT2D eigenvalue weighted by Crippen LogP contribution is -2.63. The van der Waals surface area contributed by atoms with Crippen molar-refractivity contribution in [2.24, 2.45) is 23.3 Å². The van der Waals surface area contributed by atoms with Crippen molar-refractivity contribution < 1.29 is 82.0 Å². The van der Waals surface area contributed by atoms with Gasteiger partial charge in [0, 0.05) is 50.4 Å². The summed E-state index contributed by atoms with van der Waals surface area (Å²) in [6.07, 6.45) is -4.15. The Hall–Kier alpha value is -7.17. The van der Waals surface area contributed by atoms with Crippen molar-refractivity contribution in [3.63, 3.8) is 0 Å². The third-order valence-corrected chi connectivity index (χ3v) is 13.1. The molecule has 400 valence electrons. The number of aliphatic hydroxyl groups excluding tert-OH is 1. The molecule has 1 saturated heterocycles. The zero-order valence-electron chi connectivity index (χ0n) is 40.9. The highest BCUT2D eigenvalue weighted by molar-refractivity contribution is 7.99. The number of aliphatic hydroxyl groups is 2. The summed E-state index contributed by atoms with van der Waals surface area (Å²) in [5, 5.41) is 37.3. The molecule has 1 fully saturated rings. The summed E-state index contributed by atoms with van der Waals surface area (Å²) < 4.78 is 15.3. The van der Waals surface area contributed by atoms with Crippen LogP contribution in [0.3, 0.4) is 0 Å². The molecule has 0 bridgehead atoms. The number of likely N-dealkylation sites (tertiary alicyclic amines) is 1. The van der Waals surface area contributed by atoms with Gasteiger partial charge in [-0.3, -0.25) is 57.5 Å². The van der Waals surface area contributed by atoms with Crippen LogP contribution in [0.1, 0.15) is 66.4 Å². The monoisotopic (exact) mass is 1050 g/mol. The molecule has 3 heterocycles. The summed E-state index contributed by atoms with van der Waals surface area (Å²) >= 11 is 0.929. The number of nitrogens with one attached hydrogen (secondary N) is 7. The number of hydrogen-bond donors (Lipinski definition) is 11. The molecule has 0 aliphatic carbocycles. The van der Waals surface area contributed by atoms with Gasteiger partial charge in [0.2, 0.25) is 53.0 Å². The number of benzene rings is 1. The molecule has 1 aromatic carbocycles. The van der Waals surface area contributed by atoms with Crippen LogP contribution in [0.15, 0.2) is 23.2 Å². The summed E-state index contributed by atoms with van der Waals surface area (Å²) in [7, 11) is 0. The lowest BCUT2D eigenvalue weighted by atomic mass is 9.92. The lowest BCUT2D eigenvalue weighted by molar-refractivity contribution is -0.173. The Morgan fingerprint density at radius 3 is 2.22 bits per heavy atom. The highest BCUT2D eigenvalue weighted by atomic mass is 32.2. The second-order valence-corrected chi connectivity index (χ2v) is 18.7. The first kappa shape index (κ1) is 58.4. The van der Waals surface area contributed by atoms with Crippen LogP contribution >= 0.6 is 11.8 Å². The molecule has 13 N–H and O–H groups in total. The van der Waals surface area contributed by atoms with Crippen LogP contribution in [0.5, 0.6) is 5.75 Å². The predicted octanol–water partition coefficient (Wildman–Crippen LogP) is -4.23. The molecular weight excluding hydrogens is 985 g/mol. The van der Waals surface area contributed by atoms with Crippen LogP contribution in [0.4, 0.5) is 0 Å². The molecule has 0 saturated carbocycles. The first-order valence-corrected chi connectivity index (χ1v) is 24.0. The molecule has 73 heavy (non-hydrogen) atoms. The van der Waals surface area contributed by atoms with Crippen molar-refractivity contribution in [1.29, 1.82) is 0 Å². The lowest BCUT2D eigenvalue weighted by Gasteiger charge is -2.36. The molecule has 2 unspecified atom stereocenters. The van der Waals surface area contributed by atoms with Gasteiger partial charge >= 0.3 is 17.9 Å². The number of aldehydes is 1. The Balaban J connectivity index is 1.71. The average Bonchev–Trinajstić information content (AvgIpc) is 3.88. The van der Waals surface area contributed by atoms with Gasteiger partial charge in [0.1, 0.15) is 42.6 Å². The number of primary amides is 1. The highest BCUT2D eigenvalue weighted by Gasteiger charge is 2.47. The molecule has 2 aliphatic rings. The van der Waals surface area contributed by atoms with E-state index in [-0.39, 0.29) is 24.2 Å². The fourth-order valence-corrected chi connectivity index (χ4v) is 8.97. The number of ether oxygens (including phenoxy) is 3. The standard InChI is InChI=1S/C45H62N10O17S/c1-7-20(2)38-42(67)49-14-36(62)50-32(18-73-43-28(12-29(46)39(64)48-15-37(63)53-38)27-11-26(71-23(5)58)8-9-30(27)52-43)40(65)51-31(13-35(47)61)44(68)55-16-25(60)10-33(55)41(66)54-45(69,19-56)21(3)34(72-24(6)59)17-70-22(4)57/h8-9,11,19-21,25,29,31-34,38,52,60,69H,7,10,12-18,46H2,1-6H3,(H2,47,61)(H,48,64)(H,49,67)(H,50,62)(H,51,65)(H,53,63)(H,54,66)/t20-,21-,25+,29+,31?,32?,33-,34-,38-,45-/m0/s1. The molecule has 2 aliphatic heterocycles. The van der Waals surface area contributed by atoms with Crippen LogP contribution in [0.25, 0.3) is 10.9 Å². The molecule has 28 heteroatoms. The predicted molar refractivity (Wildman–Crippen MR) is 254 cm³/mol. The van der Waals surface area contributed by atoms with Crippen LogP contribution < -0.4 is 48.1 Å². The van der Waals surface area contributed by atoms with Crippen molar-refractivity contribution >= 4 is 94.1 Å².